The lowest BCUT2D eigenvalue weighted by Crippen LogP contribution is -2.33. The van der Waals surface area contributed by atoms with Gasteiger partial charge in [-0.05, 0) is 45.7 Å². The Labute approximate surface area is 135 Å². The Kier molecular flexibility index (Phi) is 7.08. The maximum Gasteiger partial charge on any atom is 0.270 e. The molecule has 1 aromatic heterocycles. The quantitative estimate of drug-likeness (QED) is 0.600. The molecule has 22 heavy (non-hydrogen) atoms. The van der Waals surface area contributed by atoms with Crippen LogP contribution in [-0.4, -0.2) is 59.7 Å². The molecule has 7 heteroatoms. The third kappa shape index (κ3) is 4.93. The fraction of sp³-hybridized carbons (Fsp3) is 0.733. The van der Waals surface area contributed by atoms with Crippen LogP contribution >= 0.6 is 11.3 Å². The highest BCUT2D eigenvalue weighted by atomic mass is 32.1. The smallest absolute Gasteiger partial charge is 0.270 e. The average molecular weight is 326 g/mol. The molecule has 0 radical (unpaired) electrons. The summed E-state index contributed by atoms with van der Waals surface area (Å²) >= 11 is 1.45. The number of aromatic nitrogens is 1. The molecule has 2 rings (SSSR count). The van der Waals surface area contributed by atoms with E-state index in [0.29, 0.717) is 18.3 Å². The maximum absolute atomic E-state index is 11.9. The highest BCUT2D eigenvalue weighted by molar-refractivity contribution is 7.13. The van der Waals surface area contributed by atoms with Crippen LogP contribution in [0.3, 0.4) is 0 Å². The number of rotatable bonds is 9. The SMILES string of the molecule is CCNc1nc(C(=O)NCCCCN2CCCC2CO)cs1. The zero-order chi connectivity index (χ0) is 15.8. The summed E-state index contributed by atoms with van der Waals surface area (Å²) in [5, 5.41) is 17.9. The Bertz CT molecular complexity index is 466. The monoisotopic (exact) mass is 326 g/mol. The molecule has 1 saturated heterocycles. The van der Waals surface area contributed by atoms with Crippen LogP contribution in [0.1, 0.15) is 43.1 Å². The molecule has 1 aliphatic rings. The Morgan fingerprint density at radius 2 is 2.41 bits per heavy atom. The van der Waals surface area contributed by atoms with E-state index in [1.165, 1.54) is 17.8 Å². The third-order valence-corrected chi connectivity index (χ3v) is 4.73. The van der Waals surface area contributed by atoms with Crippen molar-refractivity contribution in [3.63, 3.8) is 0 Å². The van der Waals surface area contributed by atoms with Gasteiger partial charge in [0.2, 0.25) is 0 Å². The normalized spacial score (nSPS) is 18.5. The lowest BCUT2D eigenvalue weighted by atomic mass is 10.2. The van der Waals surface area contributed by atoms with Crippen molar-refractivity contribution >= 4 is 22.4 Å². The summed E-state index contributed by atoms with van der Waals surface area (Å²) in [6.07, 6.45) is 4.27. The van der Waals surface area contributed by atoms with Crippen LogP contribution < -0.4 is 10.6 Å². The summed E-state index contributed by atoms with van der Waals surface area (Å²) in [5.74, 6) is -0.102. The third-order valence-electron chi connectivity index (χ3n) is 3.93. The second-order valence-electron chi connectivity index (χ2n) is 5.55. The van der Waals surface area contributed by atoms with Crippen LogP contribution in [0.2, 0.25) is 0 Å². The highest BCUT2D eigenvalue weighted by Gasteiger charge is 2.22. The maximum atomic E-state index is 11.9. The average Bonchev–Trinajstić information content (AvgIpc) is 3.16. The number of aliphatic hydroxyl groups is 1. The van der Waals surface area contributed by atoms with Crippen LogP contribution in [0.5, 0.6) is 0 Å². The van der Waals surface area contributed by atoms with Crippen LogP contribution in [0.4, 0.5) is 5.13 Å². The predicted molar refractivity (Wildman–Crippen MR) is 89.5 cm³/mol. The van der Waals surface area contributed by atoms with E-state index in [4.69, 9.17) is 0 Å². The highest BCUT2D eigenvalue weighted by Crippen LogP contribution is 2.17. The van der Waals surface area contributed by atoms with E-state index in [9.17, 15) is 9.90 Å². The van der Waals surface area contributed by atoms with E-state index < -0.39 is 0 Å². The van der Waals surface area contributed by atoms with Gasteiger partial charge in [-0.1, -0.05) is 0 Å². The fourth-order valence-electron chi connectivity index (χ4n) is 2.74. The number of hydrogen-bond donors (Lipinski definition) is 3. The van der Waals surface area contributed by atoms with Gasteiger partial charge in [0.05, 0.1) is 6.61 Å². The molecular formula is C15H26N4O2S. The number of likely N-dealkylation sites (tertiary alicyclic amines) is 1. The number of unbranched alkanes of at least 4 members (excludes halogenated alkanes) is 1. The molecule has 0 saturated carbocycles. The van der Waals surface area contributed by atoms with Gasteiger partial charge in [-0.25, -0.2) is 4.98 Å². The van der Waals surface area contributed by atoms with Gasteiger partial charge >= 0.3 is 0 Å². The molecular weight excluding hydrogens is 300 g/mol. The molecule has 1 amide bonds. The van der Waals surface area contributed by atoms with E-state index in [2.05, 4.69) is 20.5 Å². The molecule has 0 bridgehead atoms. The lowest BCUT2D eigenvalue weighted by molar-refractivity contribution is 0.0948. The molecule has 0 spiro atoms. The molecule has 2 heterocycles. The van der Waals surface area contributed by atoms with Crippen molar-refractivity contribution in [3.05, 3.63) is 11.1 Å². The summed E-state index contributed by atoms with van der Waals surface area (Å²) in [4.78, 5) is 18.5. The standard InChI is InChI=1S/C15H26N4O2S/c1-2-16-15-18-13(11-22-15)14(21)17-7-3-4-8-19-9-5-6-12(19)10-20/h11-12,20H,2-10H2,1H3,(H,16,18)(H,17,21). The van der Waals surface area contributed by atoms with Crippen LogP contribution in [0, 0.1) is 0 Å². The van der Waals surface area contributed by atoms with E-state index in [-0.39, 0.29) is 12.5 Å². The minimum atomic E-state index is -0.102. The molecule has 1 aromatic rings. The summed E-state index contributed by atoms with van der Waals surface area (Å²) in [5.41, 5.74) is 0.487. The Morgan fingerprint density at radius 3 is 3.18 bits per heavy atom. The first kappa shape index (κ1) is 17.2. The minimum absolute atomic E-state index is 0.102. The minimum Gasteiger partial charge on any atom is -0.395 e. The predicted octanol–water partition coefficient (Wildman–Crippen LogP) is 1.54. The van der Waals surface area contributed by atoms with Gasteiger partial charge in [0, 0.05) is 24.5 Å². The zero-order valence-electron chi connectivity index (χ0n) is 13.2. The topological polar surface area (TPSA) is 77.5 Å². The fourth-order valence-corrected chi connectivity index (χ4v) is 3.50. The van der Waals surface area contributed by atoms with E-state index in [1.807, 2.05) is 6.92 Å². The van der Waals surface area contributed by atoms with Crippen molar-refractivity contribution in [2.24, 2.45) is 0 Å². The summed E-state index contributed by atoms with van der Waals surface area (Å²) in [6, 6.07) is 0.342. The van der Waals surface area contributed by atoms with Gasteiger partial charge in [0.1, 0.15) is 5.69 Å². The Balaban J connectivity index is 1.60. The molecule has 0 aromatic carbocycles. The van der Waals surface area contributed by atoms with Gasteiger partial charge in [-0.3, -0.25) is 9.69 Å². The zero-order valence-corrected chi connectivity index (χ0v) is 14.0. The number of nitrogens with one attached hydrogen (secondary N) is 2. The van der Waals surface area contributed by atoms with Crippen LogP contribution in [0.25, 0.3) is 0 Å². The second kappa shape index (κ2) is 9.07. The number of amides is 1. The van der Waals surface area contributed by atoms with Crippen molar-refractivity contribution in [1.82, 2.24) is 15.2 Å². The molecule has 1 aliphatic heterocycles. The second-order valence-corrected chi connectivity index (χ2v) is 6.40. The Morgan fingerprint density at radius 1 is 1.55 bits per heavy atom. The molecule has 1 unspecified atom stereocenters. The summed E-state index contributed by atoms with van der Waals surface area (Å²) < 4.78 is 0. The Hall–Kier alpha value is -1.18. The van der Waals surface area contributed by atoms with Crippen molar-refractivity contribution in [1.29, 1.82) is 0 Å². The van der Waals surface area contributed by atoms with Crippen LogP contribution in [0.15, 0.2) is 5.38 Å². The first-order valence-electron chi connectivity index (χ1n) is 8.07. The van der Waals surface area contributed by atoms with E-state index in [1.54, 1.807) is 5.38 Å². The first-order valence-corrected chi connectivity index (χ1v) is 8.95. The van der Waals surface area contributed by atoms with Crippen LogP contribution in [-0.2, 0) is 0 Å². The number of aliphatic hydroxyl groups excluding tert-OH is 1. The lowest BCUT2D eigenvalue weighted by Gasteiger charge is -2.22. The molecule has 124 valence electrons. The van der Waals surface area contributed by atoms with Crippen molar-refractivity contribution in [2.75, 3.05) is 38.1 Å². The molecule has 0 aliphatic carbocycles. The van der Waals surface area contributed by atoms with Gasteiger partial charge in [-0.15, -0.1) is 11.3 Å². The number of thiazole rings is 1. The number of hydrogen-bond acceptors (Lipinski definition) is 6. The van der Waals surface area contributed by atoms with Gasteiger partial charge in [0.25, 0.3) is 5.91 Å². The summed E-state index contributed by atoms with van der Waals surface area (Å²) in [7, 11) is 0. The molecule has 1 fully saturated rings. The van der Waals surface area contributed by atoms with Gasteiger partial charge in [0.15, 0.2) is 5.13 Å². The number of carbonyl (C=O) groups excluding carboxylic acids is 1. The molecule has 3 N–H and O–H groups in total. The van der Waals surface area contributed by atoms with Gasteiger partial charge < -0.3 is 15.7 Å². The first-order chi connectivity index (χ1) is 10.7. The largest absolute Gasteiger partial charge is 0.395 e. The summed E-state index contributed by atoms with van der Waals surface area (Å²) in [6.45, 7) is 5.83. The molecule has 1 atom stereocenters. The number of anilines is 1. The number of nitrogens with zero attached hydrogens (tertiary/aromatic N) is 2. The van der Waals surface area contributed by atoms with Crippen molar-refractivity contribution < 1.29 is 9.90 Å². The van der Waals surface area contributed by atoms with Gasteiger partial charge in [-0.2, -0.15) is 0 Å². The van der Waals surface area contributed by atoms with Crippen molar-refractivity contribution in [3.8, 4) is 0 Å². The number of carbonyl (C=O) groups is 1. The van der Waals surface area contributed by atoms with Crippen molar-refractivity contribution in [2.45, 2.75) is 38.6 Å². The van der Waals surface area contributed by atoms with E-state index >= 15 is 0 Å². The molecule has 6 nitrogen and oxygen atoms in total. The van der Waals surface area contributed by atoms with E-state index in [0.717, 1.165) is 44.0 Å².